The zero-order valence-electron chi connectivity index (χ0n) is 14.4. The van der Waals surface area contributed by atoms with E-state index in [2.05, 4.69) is 44.0 Å². The summed E-state index contributed by atoms with van der Waals surface area (Å²) in [5.74, 6) is 0. The van der Waals surface area contributed by atoms with E-state index in [4.69, 9.17) is 0 Å². The maximum absolute atomic E-state index is 4.50. The second kappa shape index (κ2) is 26.1. The van der Waals surface area contributed by atoms with Crippen molar-refractivity contribution >= 4 is 5.71 Å². The van der Waals surface area contributed by atoms with Gasteiger partial charge in [0, 0.05) is 12.8 Å². The number of rotatable bonds is 4. The summed E-state index contributed by atoms with van der Waals surface area (Å²) >= 11 is 0. The molecule has 0 spiro atoms. The van der Waals surface area contributed by atoms with Crippen LogP contribution in [-0.4, -0.2) is 19.8 Å². The first-order chi connectivity index (χ1) is 9.26. The summed E-state index contributed by atoms with van der Waals surface area (Å²) in [5.41, 5.74) is 8.64. The van der Waals surface area contributed by atoms with Gasteiger partial charge in [-0.15, -0.1) is 0 Å². The molecule has 0 saturated heterocycles. The van der Waals surface area contributed by atoms with Crippen LogP contribution in [0.4, 0.5) is 0 Å². The van der Waals surface area contributed by atoms with E-state index in [0.29, 0.717) is 0 Å². The first kappa shape index (κ1) is 23.5. The summed E-state index contributed by atoms with van der Waals surface area (Å²) in [5, 5.41) is 4.09. The summed E-state index contributed by atoms with van der Waals surface area (Å²) < 4.78 is 0. The predicted molar refractivity (Wildman–Crippen MR) is 90.9 cm³/mol. The van der Waals surface area contributed by atoms with Gasteiger partial charge in [0.25, 0.3) is 0 Å². The molecule has 0 amide bonds. The van der Waals surface area contributed by atoms with Gasteiger partial charge >= 0.3 is 0 Å². The van der Waals surface area contributed by atoms with E-state index in [1.54, 1.807) is 0 Å². The molecular formula is C16H39N3. The van der Waals surface area contributed by atoms with Crippen molar-refractivity contribution in [3.8, 4) is 0 Å². The van der Waals surface area contributed by atoms with Gasteiger partial charge in [0.1, 0.15) is 0 Å². The largest absolute Gasteiger partial charge is 0.333 e. The lowest BCUT2D eigenvalue weighted by atomic mass is 10.3. The molecule has 0 bridgehead atoms. The Morgan fingerprint density at radius 3 is 1.53 bits per heavy atom. The molecule has 1 rings (SSSR count). The second-order valence-electron chi connectivity index (χ2n) is 4.46. The zero-order chi connectivity index (χ0) is 15.4. The van der Waals surface area contributed by atoms with E-state index in [9.17, 15) is 0 Å². The lowest BCUT2D eigenvalue weighted by Crippen LogP contribution is -2.00. The van der Waals surface area contributed by atoms with Crippen molar-refractivity contribution in [3.63, 3.8) is 0 Å². The Labute approximate surface area is 122 Å². The smallest absolute Gasteiger partial charge is 0.0378 e. The lowest BCUT2D eigenvalue weighted by Gasteiger charge is -1.90. The van der Waals surface area contributed by atoms with Crippen molar-refractivity contribution in [3.05, 3.63) is 0 Å². The molecule has 0 aromatic rings. The molecule has 0 aromatic carbocycles. The van der Waals surface area contributed by atoms with Gasteiger partial charge in [-0.05, 0) is 32.7 Å². The first-order valence-electron chi connectivity index (χ1n) is 8.06. The topological polar surface area (TPSA) is 50.4 Å². The molecule has 3 heteroatoms. The highest BCUT2D eigenvalue weighted by Crippen LogP contribution is 2.13. The summed E-state index contributed by atoms with van der Waals surface area (Å²) in [4.78, 5) is 0. The summed E-state index contributed by atoms with van der Waals surface area (Å²) in [7, 11) is 3.35. The molecule has 3 nitrogen and oxygen atoms in total. The second-order valence-corrected chi connectivity index (χ2v) is 4.46. The molecule has 1 aliphatic carbocycles. The van der Waals surface area contributed by atoms with Crippen LogP contribution in [0.2, 0.25) is 0 Å². The third-order valence-electron chi connectivity index (χ3n) is 2.66. The van der Waals surface area contributed by atoms with Crippen molar-refractivity contribution in [2.75, 3.05) is 14.1 Å². The van der Waals surface area contributed by atoms with Gasteiger partial charge in [-0.25, -0.2) is 0 Å². The van der Waals surface area contributed by atoms with Crippen molar-refractivity contribution in [1.82, 2.24) is 5.43 Å². The van der Waals surface area contributed by atoms with Crippen LogP contribution in [0, 0.1) is 0 Å². The molecular weight excluding hydrogens is 234 g/mol. The molecule has 0 aliphatic heterocycles. The molecule has 0 unspecified atom stereocenters. The predicted octanol–water partition coefficient (Wildman–Crippen LogP) is 4.71. The Bertz CT molecular complexity index is 144. The van der Waals surface area contributed by atoms with E-state index in [0.717, 1.165) is 0 Å². The van der Waals surface area contributed by atoms with Crippen molar-refractivity contribution in [2.24, 2.45) is 10.8 Å². The third kappa shape index (κ3) is 26.9. The number of hydrogen-bond acceptors (Lipinski definition) is 3. The van der Waals surface area contributed by atoms with Gasteiger partial charge in [-0.3, -0.25) is 0 Å². The standard InChI is InChI=1S/C6H12N2.C5H12.C4H10.CH5N/c1-7-8-6-4-2-3-5-6;1-3-5-4-2;1-3-4-2;1-2/h7H,2-5H2,1H3;3-5H2,1-2H3;3-4H2,1-2H3;2H2,1H3. The van der Waals surface area contributed by atoms with Crippen LogP contribution in [0.15, 0.2) is 5.10 Å². The molecule has 1 saturated carbocycles. The van der Waals surface area contributed by atoms with Gasteiger partial charge in [0.05, 0.1) is 0 Å². The van der Waals surface area contributed by atoms with Gasteiger partial charge < -0.3 is 11.2 Å². The van der Waals surface area contributed by atoms with Crippen LogP contribution in [0.3, 0.4) is 0 Å². The molecule has 0 aromatic heterocycles. The maximum atomic E-state index is 4.50. The van der Waals surface area contributed by atoms with Crippen molar-refractivity contribution in [2.45, 2.75) is 85.5 Å². The number of nitrogens with one attached hydrogen (secondary N) is 1. The van der Waals surface area contributed by atoms with E-state index in [-0.39, 0.29) is 0 Å². The molecule has 0 atom stereocenters. The summed E-state index contributed by atoms with van der Waals surface area (Å²) in [6.45, 7) is 8.78. The van der Waals surface area contributed by atoms with Crippen molar-refractivity contribution in [1.29, 1.82) is 0 Å². The fraction of sp³-hybridized carbons (Fsp3) is 0.938. The molecule has 0 heterocycles. The number of hydrogen-bond donors (Lipinski definition) is 2. The fourth-order valence-electron chi connectivity index (χ4n) is 1.41. The van der Waals surface area contributed by atoms with E-state index >= 15 is 0 Å². The zero-order valence-corrected chi connectivity index (χ0v) is 14.4. The lowest BCUT2D eigenvalue weighted by molar-refractivity contribution is 0.772. The van der Waals surface area contributed by atoms with Crippen LogP contribution < -0.4 is 11.2 Å². The van der Waals surface area contributed by atoms with Crippen LogP contribution in [0.1, 0.15) is 85.5 Å². The Morgan fingerprint density at radius 2 is 1.32 bits per heavy atom. The SMILES string of the molecule is CCCC.CCCCC.CN.CNN=C1CCCC1. The highest BCUT2D eigenvalue weighted by molar-refractivity contribution is 5.85. The van der Waals surface area contributed by atoms with E-state index < -0.39 is 0 Å². The van der Waals surface area contributed by atoms with Crippen molar-refractivity contribution < 1.29 is 0 Å². The van der Waals surface area contributed by atoms with E-state index in [1.807, 2.05) is 7.05 Å². The number of nitrogens with zero attached hydrogens (tertiary/aromatic N) is 1. The first-order valence-corrected chi connectivity index (χ1v) is 8.06. The highest BCUT2D eigenvalue weighted by atomic mass is 15.3. The highest BCUT2D eigenvalue weighted by Gasteiger charge is 2.06. The molecule has 0 radical (unpaired) electrons. The minimum absolute atomic E-state index is 1.21. The van der Waals surface area contributed by atoms with Gasteiger partial charge in [-0.1, -0.05) is 59.8 Å². The summed E-state index contributed by atoms with van der Waals surface area (Å²) in [6, 6.07) is 0. The monoisotopic (exact) mass is 273 g/mol. The molecule has 3 N–H and O–H groups in total. The molecule has 19 heavy (non-hydrogen) atoms. The van der Waals surface area contributed by atoms with Crippen LogP contribution >= 0.6 is 0 Å². The Balaban J connectivity index is -0.000000203. The number of unbranched alkanes of at least 4 members (excludes halogenated alkanes) is 3. The maximum Gasteiger partial charge on any atom is 0.0378 e. The normalized spacial score (nSPS) is 12.1. The average molecular weight is 274 g/mol. The van der Waals surface area contributed by atoms with Crippen LogP contribution in [0.5, 0.6) is 0 Å². The van der Waals surface area contributed by atoms with E-state index in [1.165, 1.54) is 70.5 Å². The minimum Gasteiger partial charge on any atom is -0.333 e. The van der Waals surface area contributed by atoms with Crippen LogP contribution in [0.25, 0.3) is 0 Å². The Morgan fingerprint density at radius 1 is 0.895 bits per heavy atom. The minimum atomic E-state index is 1.21. The average Bonchev–Trinajstić information content (AvgIpc) is 2.96. The molecule has 1 fully saturated rings. The van der Waals surface area contributed by atoms with Gasteiger partial charge in [-0.2, -0.15) is 5.10 Å². The summed E-state index contributed by atoms with van der Waals surface area (Å²) in [6.07, 6.45) is 11.8. The van der Waals surface area contributed by atoms with Crippen LogP contribution in [-0.2, 0) is 0 Å². The quantitative estimate of drug-likeness (QED) is 0.729. The molecule has 118 valence electrons. The number of hydrazone groups is 1. The Kier molecular flexibility index (Phi) is 32.3. The van der Waals surface area contributed by atoms with Gasteiger partial charge in [0.15, 0.2) is 0 Å². The van der Waals surface area contributed by atoms with Gasteiger partial charge in [0.2, 0.25) is 0 Å². The Hall–Kier alpha value is -0.570. The number of nitrogens with two attached hydrogens (primary N) is 1. The fourth-order valence-corrected chi connectivity index (χ4v) is 1.41. The third-order valence-corrected chi connectivity index (χ3v) is 2.66. The molecule has 1 aliphatic rings.